The van der Waals surface area contributed by atoms with E-state index in [0.717, 1.165) is 56.7 Å². The lowest BCUT2D eigenvalue weighted by Gasteiger charge is -2.40. The Kier molecular flexibility index (Phi) is 5.38. The lowest BCUT2D eigenvalue weighted by atomic mass is 9.83. The second-order valence-electron chi connectivity index (χ2n) is 7.14. The number of carbonyl (C=O) groups is 1. The summed E-state index contributed by atoms with van der Waals surface area (Å²) >= 11 is 1.65. The Morgan fingerprint density at radius 1 is 1.23 bits per heavy atom. The van der Waals surface area contributed by atoms with Crippen LogP contribution in [0.4, 0.5) is 0 Å². The molecule has 1 fully saturated rings. The summed E-state index contributed by atoms with van der Waals surface area (Å²) in [5.41, 5.74) is 2.42. The van der Waals surface area contributed by atoms with E-state index in [0.29, 0.717) is 6.54 Å². The molecule has 0 aliphatic carbocycles. The third kappa shape index (κ3) is 3.70. The van der Waals surface area contributed by atoms with Crippen molar-refractivity contribution in [1.29, 1.82) is 0 Å². The maximum absolute atomic E-state index is 12.6. The van der Waals surface area contributed by atoms with Gasteiger partial charge in [0.2, 0.25) is 0 Å². The van der Waals surface area contributed by atoms with Crippen LogP contribution in [0.2, 0.25) is 0 Å². The van der Waals surface area contributed by atoms with Gasteiger partial charge in [0, 0.05) is 17.8 Å². The maximum atomic E-state index is 12.6. The fourth-order valence-corrected chi connectivity index (χ4v) is 5.15. The van der Waals surface area contributed by atoms with E-state index in [4.69, 9.17) is 4.74 Å². The Hall–Kier alpha value is -1.69. The Morgan fingerprint density at radius 3 is 2.85 bits per heavy atom. The van der Waals surface area contributed by atoms with Gasteiger partial charge in [0.15, 0.2) is 0 Å². The van der Waals surface area contributed by atoms with Crippen molar-refractivity contribution in [3.05, 3.63) is 57.3 Å². The molecule has 0 unspecified atom stereocenters. The van der Waals surface area contributed by atoms with E-state index in [1.807, 2.05) is 6.07 Å². The smallest absolute Gasteiger partial charge is 0.261 e. The third-order valence-corrected chi connectivity index (χ3v) is 6.61. The minimum Gasteiger partial charge on any atom is -0.370 e. The van der Waals surface area contributed by atoms with Gasteiger partial charge >= 0.3 is 0 Å². The van der Waals surface area contributed by atoms with E-state index in [9.17, 15) is 4.79 Å². The van der Waals surface area contributed by atoms with Crippen LogP contribution >= 0.6 is 11.3 Å². The topological polar surface area (TPSA) is 50.4 Å². The number of nitrogens with one attached hydrogen (secondary N) is 2. The van der Waals surface area contributed by atoms with E-state index < -0.39 is 0 Å². The summed E-state index contributed by atoms with van der Waals surface area (Å²) in [4.78, 5) is 14.8. The first-order chi connectivity index (χ1) is 12.8. The van der Waals surface area contributed by atoms with Gasteiger partial charge in [0.1, 0.15) is 0 Å². The standard InChI is InChI=1S/C21H26N2O2S/c24-20(23-11-4-7-16-5-2-1-3-6-16)19-15-17-18(26-19)8-14-25-21(17)9-12-22-13-10-21/h1-3,5-6,15,22H,4,7-14H2,(H,23,24). The number of amides is 1. The van der Waals surface area contributed by atoms with Gasteiger partial charge in [-0.25, -0.2) is 0 Å². The van der Waals surface area contributed by atoms with Gasteiger partial charge < -0.3 is 15.4 Å². The molecular weight excluding hydrogens is 344 g/mol. The first-order valence-corrected chi connectivity index (χ1v) is 10.4. The average molecular weight is 371 g/mol. The number of ether oxygens (including phenoxy) is 1. The highest BCUT2D eigenvalue weighted by atomic mass is 32.1. The van der Waals surface area contributed by atoms with Crippen molar-refractivity contribution in [3.8, 4) is 0 Å². The van der Waals surface area contributed by atoms with Gasteiger partial charge in [-0.05, 0) is 56.0 Å². The van der Waals surface area contributed by atoms with Gasteiger partial charge in [-0.1, -0.05) is 30.3 Å². The predicted molar refractivity (Wildman–Crippen MR) is 105 cm³/mol. The van der Waals surface area contributed by atoms with Crippen molar-refractivity contribution in [2.45, 2.75) is 37.7 Å². The van der Waals surface area contributed by atoms with Crippen molar-refractivity contribution >= 4 is 17.2 Å². The van der Waals surface area contributed by atoms with Crippen LogP contribution in [0, 0.1) is 0 Å². The van der Waals surface area contributed by atoms with Crippen molar-refractivity contribution in [2.75, 3.05) is 26.2 Å². The number of piperidine rings is 1. The molecule has 2 aliphatic rings. The molecule has 1 aromatic carbocycles. The monoisotopic (exact) mass is 370 g/mol. The molecule has 26 heavy (non-hydrogen) atoms. The lowest BCUT2D eigenvalue weighted by Crippen LogP contribution is -2.44. The van der Waals surface area contributed by atoms with Crippen LogP contribution < -0.4 is 10.6 Å². The highest BCUT2D eigenvalue weighted by molar-refractivity contribution is 7.14. The second-order valence-corrected chi connectivity index (χ2v) is 8.27. The summed E-state index contributed by atoms with van der Waals surface area (Å²) in [7, 11) is 0. The van der Waals surface area contributed by atoms with Crippen molar-refractivity contribution < 1.29 is 9.53 Å². The molecule has 138 valence electrons. The van der Waals surface area contributed by atoms with Gasteiger partial charge in [0.05, 0.1) is 17.1 Å². The molecule has 2 aliphatic heterocycles. The summed E-state index contributed by atoms with van der Waals surface area (Å²) in [6, 6.07) is 12.5. The van der Waals surface area contributed by atoms with Crippen LogP contribution in [0.3, 0.4) is 0 Å². The maximum Gasteiger partial charge on any atom is 0.261 e. The summed E-state index contributed by atoms with van der Waals surface area (Å²) in [5, 5.41) is 6.50. The van der Waals surface area contributed by atoms with Crippen LogP contribution in [0.15, 0.2) is 36.4 Å². The molecule has 4 rings (SSSR count). The SMILES string of the molecule is O=C(NCCCc1ccccc1)c1cc2c(s1)CCOC21CCNCC1. The number of carbonyl (C=O) groups excluding carboxylic acids is 1. The molecule has 1 saturated heterocycles. The molecule has 5 heteroatoms. The molecule has 1 amide bonds. The zero-order chi connectivity index (χ0) is 17.8. The number of fused-ring (bicyclic) bond motifs is 2. The van der Waals surface area contributed by atoms with Crippen LogP contribution in [0.5, 0.6) is 0 Å². The molecule has 0 saturated carbocycles. The van der Waals surface area contributed by atoms with Crippen LogP contribution in [-0.4, -0.2) is 32.1 Å². The van der Waals surface area contributed by atoms with E-state index >= 15 is 0 Å². The molecule has 2 aromatic rings. The van der Waals surface area contributed by atoms with E-state index in [2.05, 4.69) is 41.0 Å². The van der Waals surface area contributed by atoms with E-state index in [1.54, 1.807) is 11.3 Å². The largest absolute Gasteiger partial charge is 0.370 e. The van der Waals surface area contributed by atoms with E-state index in [1.165, 1.54) is 16.0 Å². The van der Waals surface area contributed by atoms with Gasteiger partial charge in [0.25, 0.3) is 5.91 Å². The summed E-state index contributed by atoms with van der Waals surface area (Å²) < 4.78 is 6.21. The fraction of sp³-hybridized carbons (Fsp3) is 0.476. The van der Waals surface area contributed by atoms with E-state index in [-0.39, 0.29) is 11.5 Å². The van der Waals surface area contributed by atoms with Crippen LogP contribution in [0.1, 0.15) is 44.9 Å². The minimum absolute atomic E-state index is 0.0570. The Bertz CT molecular complexity index is 751. The molecular formula is C21H26N2O2S. The number of rotatable bonds is 5. The first-order valence-electron chi connectivity index (χ1n) is 9.57. The second kappa shape index (κ2) is 7.91. The Labute approximate surface area is 159 Å². The first kappa shape index (κ1) is 17.7. The van der Waals surface area contributed by atoms with Crippen molar-refractivity contribution in [3.63, 3.8) is 0 Å². The fourth-order valence-electron chi connectivity index (χ4n) is 4.00. The zero-order valence-electron chi connectivity index (χ0n) is 15.1. The molecule has 2 N–H and O–H groups in total. The summed E-state index contributed by atoms with van der Waals surface area (Å²) in [6.07, 6.45) is 4.87. The minimum atomic E-state index is -0.166. The Morgan fingerprint density at radius 2 is 2.04 bits per heavy atom. The summed E-state index contributed by atoms with van der Waals surface area (Å²) in [5.74, 6) is 0.0570. The molecule has 1 aromatic heterocycles. The van der Waals surface area contributed by atoms with Crippen LogP contribution in [-0.2, 0) is 23.2 Å². The quantitative estimate of drug-likeness (QED) is 0.795. The molecule has 3 heterocycles. The summed E-state index contributed by atoms with van der Waals surface area (Å²) in [6.45, 7) is 3.44. The van der Waals surface area contributed by atoms with Gasteiger partial charge in [-0.2, -0.15) is 0 Å². The zero-order valence-corrected chi connectivity index (χ0v) is 15.9. The number of hydrogen-bond acceptors (Lipinski definition) is 4. The number of thiophene rings is 1. The van der Waals surface area contributed by atoms with Crippen molar-refractivity contribution in [1.82, 2.24) is 10.6 Å². The normalized spacial score (nSPS) is 18.5. The number of hydrogen-bond donors (Lipinski definition) is 2. The lowest BCUT2D eigenvalue weighted by molar-refractivity contribution is -0.0792. The highest BCUT2D eigenvalue weighted by Gasteiger charge is 2.40. The molecule has 4 nitrogen and oxygen atoms in total. The highest BCUT2D eigenvalue weighted by Crippen LogP contribution is 2.43. The molecule has 0 radical (unpaired) electrons. The number of benzene rings is 1. The third-order valence-electron chi connectivity index (χ3n) is 5.41. The van der Waals surface area contributed by atoms with Gasteiger partial charge in [-0.15, -0.1) is 11.3 Å². The predicted octanol–water partition coefficient (Wildman–Crippen LogP) is 3.26. The molecule has 0 atom stereocenters. The van der Waals surface area contributed by atoms with Crippen LogP contribution in [0.25, 0.3) is 0 Å². The number of aryl methyl sites for hydroxylation is 1. The average Bonchev–Trinajstić information content (AvgIpc) is 3.13. The molecule has 0 bridgehead atoms. The van der Waals surface area contributed by atoms with Gasteiger partial charge in [-0.3, -0.25) is 4.79 Å². The Balaban J connectivity index is 1.37. The van der Waals surface area contributed by atoms with Crippen molar-refractivity contribution in [2.24, 2.45) is 0 Å². The molecule has 1 spiro atoms.